The van der Waals surface area contributed by atoms with Gasteiger partial charge in [-0.1, -0.05) is 11.6 Å². The second-order valence-electron chi connectivity index (χ2n) is 6.75. The van der Waals surface area contributed by atoms with E-state index in [9.17, 15) is 24.1 Å². The predicted octanol–water partition coefficient (Wildman–Crippen LogP) is 3.85. The van der Waals surface area contributed by atoms with Crippen molar-refractivity contribution in [2.45, 2.75) is 17.1 Å². The summed E-state index contributed by atoms with van der Waals surface area (Å²) in [7, 11) is 0. The molecule has 0 radical (unpaired) electrons. The van der Waals surface area contributed by atoms with Gasteiger partial charge in [0.25, 0.3) is 11.6 Å². The molecule has 3 rings (SSSR count). The quantitative estimate of drug-likeness (QED) is 0.391. The van der Waals surface area contributed by atoms with Crippen molar-refractivity contribution in [2.24, 2.45) is 0 Å². The first-order chi connectivity index (χ1) is 14.3. The Morgan fingerprint density at radius 1 is 1.10 bits per heavy atom. The first-order valence-corrected chi connectivity index (χ1v) is 10.5. The van der Waals surface area contributed by atoms with Crippen LogP contribution in [0.1, 0.15) is 17.3 Å². The van der Waals surface area contributed by atoms with Gasteiger partial charge < -0.3 is 9.80 Å². The third kappa shape index (κ3) is 5.09. The van der Waals surface area contributed by atoms with Crippen molar-refractivity contribution in [1.29, 1.82) is 0 Å². The molecule has 10 heteroatoms. The van der Waals surface area contributed by atoms with Gasteiger partial charge in [0.1, 0.15) is 5.82 Å². The lowest BCUT2D eigenvalue weighted by Gasteiger charge is -2.36. The largest absolute Gasteiger partial charge is 0.338 e. The van der Waals surface area contributed by atoms with E-state index in [-0.39, 0.29) is 33.3 Å². The molecule has 158 valence electrons. The van der Waals surface area contributed by atoms with Crippen molar-refractivity contribution < 1.29 is 18.9 Å². The lowest BCUT2D eigenvalue weighted by Crippen LogP contribution is -2.52. The number of nitro benzene ring substituents is 1. The van der Waals surface area contributed by atoms with Gasteiger partial charge >= 0.3 is 0 Å². The number of carbonyl (C=O) groups is 2. The fourth-order valence-corrected chi connectivity index (χ4v) is 4.32. The highest BCUT2D eigenvalue weighted by Crippen LogP contribution is 2.27. The normalized spacial score (nSPS) is 15.0. The molecule has 2 amide bonds. The zero-order valence-corrected chi connectivity index (χ0v) is 17.7. The number of thioether (sulfide) groups is 1. The van der Waals surface area contributed by atoms with Crippen molar-refractivity contribution in [3.8, 4) is 0 Å². The van der Waals surface area contributed by atoms with Gasteiger partial charge in [-0.2, -0.15) is 0 Å². The van der Waals surface area contributed by atoms with E-state index in [4.69, 9.17) is 11.6 Å². The molecule has 30 heavy (non-hydrogen) atoms. The van der Waals surface area contributed by atoms with Crippen LogP contribution in [0.2, 0.25) is 5.02 Å². The number of non-ortho nitro benzene ring substituents is 1. The van der Waals surface area contributed by atoms with Crippen LogP contribution in [0.5, 0.6) is 0 Å². The lowest BCUT2D eigenvalue weighted by molar-refractivity contribution is -0.384. The number of amides is 2. The number of nitro groups is 1. The molecule has 1 unspecified atom stereocenters. The third-order valence-electron chi connectivity index (χ3n) is 4.75. The summed E-state index contributed by atoms with van der Waals surface area (Å²) in [4.78, 5) is 39.7. The molecule has 0 N–H and O–H groups in total. The minimum Gasteiger partial charge on any atom is -0.338 e. The maximum absolute atomic E-state index is 13.2. The molecule has 1 saturated heterocycles. The van der Waals surface area contributed by atoms with E-state index < -0.39 is 10.7 Å². The summed E-state index contributed by atoms with van der Waals surface area (Å²) in [5.74, 6) is -0.864. The monoisotopic (exact) mass is 451 g/mol. The predicted molar refractivity (Wildman–Crippen MR) is 112 cm³/mol. The van der Waals surface area contributed by atoms with Gasteiger partial charge in [0, 0.05) is 43.2 Å². The van der Waals surface area contributed by atoms with Gasteiger partial charge in [-0.25, -0.2) is 4.39 Å². The Kier molecular flexibility index (Phi) is 6.94. The minimum absolute atomic E-state index is 0.000349. The van der Waals surface area contributed by atoms with Crippen LogP contribution in [0.15, 0.2) is 47.4 Å². The summed E-state index contributed by atoms with van der Waals surface area (Å²) < 4.78 is 13.2. The minimum atomic E-state index is -0.508. The van der Waals surface area contributed by atoms with Gasteiger partial charge in [0.15, 0.2) is 0 Å². The Morgan fingerprint density at radius 3 is 2.27 bits per heavy atom. The number of halogens is 2. The summed E-state index contributed by atoms with van der Waals surface area (Å²) in [6, 6.07) is 9.71. The molecule has 0 aliphatic carbocycles. The lowest BCUT2D eigenvalue weighted by atomic mass is 10.1. The molecule has 1 fully saturated rings. The fourth-order valence-electron chi connectivity index (χ4n) is 3.12. The Hall–Kier alpha value is -2.65. The number of hydrogen-bond acceptors (Lipinski definition) is 5. The molecular weight excluding hydrogens is 433 g/mol. The average Bonchev–Trinajstić information content (AvgIpc) is 2.73. The summed E-state index contributed by atoms with van der Waals surface area (Å²) in [6.07, 6.45) is 0. The van der Waals surface area contributed by atoms with E-state index in [2.05, 4.69) is 0 Å². The number of nitrogens with zero attached hydrogens (tertiary/aromatic N) is 3. The SMILES string of the molecule is CC(Sc1ccc([N+](=O)[O-])cc1)C(=O)N1CCN(C(=O)c2ccc(F)cc2Cl)CC1. The van der Waals surface area contributed by atoms with Gasteiger partial charge in [-0.3, -0.25) is 19.7 Å². The number of piperazine rings is 1. The van der Waals surface area contributed by atoms with E-state index in [1.165, 1.54) is 36.0 Å². The molecule has 0 bridgehead atoms. The molecule has 0 spiro atoms. The Bertz CT molecular complexity index is 965. The molecule has 1 aliphatic rings. The fraction of sp³-hybridized carbons (Fsp3) is 0.300. The van der Waals surface area contributed by atoms with Crippen LogP contribution < -0.4 is 0 Å². The molecule has 2 aromatic carbocycles. The summed E-state index contributed by atoms with van der Waals surface area (Å²) >= 11 is 7.30. The van der Waals surface area contributed by atoms with Gasteiger partial charge in [0.05, 0.1) is 20.8 Å². The Balaban J connectivity index is 1.55. The zero-order valence-electron chi connectivity index (χ0n) is 16.1. The summed E-state index contributed by atoms with van der Waals surface area (Å²) in [5.41, 5.74) is 0.236. The van der Waals surface area contributed by atoms with Crippen LogP contribution in [-0.2, 0) is 4.79 Å². The van der Waals surface area contributed by atoms with Crippen LogP contribution in [0, 0.1) is 15.9 Å². The standard InChI is InChI=1S/C20H19ClFN3O4S/c1-13(30-16-5-3-15(4-6-16)25(28)29)19(26)23-8-10-24(11-9-23)20(27)17-7-2-14(22)12-18(17)21/h2-7,12-13H,8-11H2,1H3. The molecule has 0 saturated carbocycles. The first kappa shape index (κ1) is 22.0. The smallest absolute Gasteiger partial charge is 0.269 e. The van der Waals surface area contributed by atoms with Crippen molar-refractivity contribution in [3.05, 3.63) is 69.0 Å². The van der Waals surface area contributed by atoms with Crippen molar-refractivity contribution >= 4 is 40.9 Å². The Morgan fingerprint density at radius 2 is 1.70 bits per heavy atom. The van der Waals surface area contributed by atoms with Crippen molar-refractivity contribution in [2.75, 3.05) is 26.2 Å². The van der Waals surface area contributed by atoms with E-state index in [0.717, 1.165) is 11.0 Å². The van der Waals surface area contributed by atoms with Crippen LogP contribution in [0.25, 0.3) is 0 Å². The van der Waals surface area contributed by atoms with Gasteiger partial charge in [-0.15, -0.1) is 11.8 Å². The number of benzene rings is 2. The maximum Gasteiger partial charge on any atom is 0.269 e. The molecule has 1 aliphatic heterocycles. The van der Waals surface area contributed by atoms with Crippen LogP contribution in [-0.4, -0.2) is 58.0 Å². The molecular formula is C20H19ClFN3O4S. The van der Waals surface area contributed by atoms with Crippen LogP contribution in [0.3, 0.4) is 0 Å². The molecule has 2 aromatic rings. The van der Waals surface area contributed by atoms with E-state index in [1.807, 2.05) is 0 Å². The zero-order chi connectivity index (χ0) is 21.8. The highest BCUT2D eigenvalue weighted by molar-refractivity contribution is 8.00. The highest BCUT2D eigenvalue weighted by atomic mass is 35.5. The first-order valence-electron chi connectivity index (χ1n) is 9.20. The van der Waals surface area contributed by atoms with Crippen molar-refractivity contribution in [3.63, 3.8) is 0 Å². The number of hydrogen-bond donors (Lipinski definition) is 0. The molecule has 1 heterocycles. The summed E-state index contributed by atoms with van der Waals surface area (Å²) in [5, 5.41) is 10.4. The second-order valence-corrected chi connectivity index (χ2v) is 8.57. The molecule has 0 aromatic heterocycles. The van der Waals surface area contributed by atoms with Gasteiger partial charge in [0.2, 0.25) is 5.91 Å². The number of carbonyl (C=O) groups excluding carboxylic acids is 2. The average molecular weight is 452 g/mol. The second kappa shape index (κ2) is 9.44. The van der Waals surface area contributed by atoms with E-state index >= 15 is 0 Å². The van der Waals surface area contributed by atoms with E-state index in [1.54, 1.807) is 28.9 Å². The molecule has 1 atom stereocenters. The topological polar surface area (TPSA) is 83.8 Å². The maximum atomic E-state index is 13.2. The van der Waals surface area contributed by atoms with Crippen LogP contribution in [0.4, 0.5) is 10.1 Å². The highest BCUT2D eigenvalue weighted by Gasteiger charge is 2.28. The third-order valence-corrected chi connectivity index (χ3v) is 6.16. The van der Waals surface area contributed by atoms with Crippen molar-refractivity contribution in [1.82, 2.24) is 9.80 Å². The summed E-state index contributed by atoms with van der Waals surface area (Å²) in [6.45, 7) is 3.26. The van der Waals surface area contributed by atoms with Gasteiger partial charge in [-0.05, 0) is 37.3 Å². The Labute approximate surface area is 181 Å². The van der Waals surface area contributed by atoms with Crippen LogP contribution >= 0.6 is 23.4 Å². The number of rotatable bonds is 5. The van der Waals surface area contributed by atoms with E-state index in [0.29, 0.717) is 26.2 Å². The molecule has 7 nitrogen and oxygen atoms in total.